The quantitative estimate of drug-likeness (QED) is 0.764. The maximum absolute atomic E-state index is 12.7. The van der Waals surface area contributed by atoms with Crippen LogP contribution in [-0.2, 0) is 12.6 Å². The molecule has 0 fully saturated rings. The van der Waals surface area contributed by atoms with E-state index >= 15 is 0 Å². The molecule has 2 N–H and O–H groups in total. The lowest BCUT2D eigenvalue weighted by Crippen LogP contribution is -2.14. The molecule has 6 heteroatoms. The van der Waals surface area contributed by atoms with Crippen molar-refractivity contribution in [2.45, 2.75) is 18.6 Å². The molecule has 0 aromatic heterocycles. The van der Waals surface area contributed by atoms with Gasteiger partial charge in [0, 0.05) is 15.5 Å². The molecule has 0 heterocycles. The first-order chi connectivity index (χ1) is 9.77. The zero-order valence-electron chi connectivity index (χ0n) is 10.8. The third kappa shape index (κ3) is 4.22. The summed E-state index contributed by atoms with van der Waals surface area (Å²) in [6.07, 6.45) is -4.06. The Balaban J connectivity index is 2.23. The monoisotopic (exact) mass is 377 g/mol. The molecule has 2 aromatic rings. The van der Waals surface area contributed by atoms with Crippen LogP contribution in [0, 0.1) is 0 Å². The van der Waals surface area contributed by atoms with Gasteiger partial charge in [-0.2, -0.15) is 13.2 Å². The second-order valence-corrected chi connectivity index (χ2v) is 5.97. The predicted octanol–water partition coefficient (Wildman–Crippen LogP) is 5.36. The van der Waals surface area contributed by atoms with Gasteiger partial charge in [0.05, 0.1) is 5.56 Å². The number of nitrogens with two attached hydrogens (primary N) is 1. The van der Waals surface area contributed by atoms with Crippen LogP contribution in [0.5, 0.6) is 0 Å². The maximum atomic E-state index is 12.7. The van der Waals surface area contributed by atoms with Crippen LogP contribution in [-0.4, -0.2) is 0 Å². The van der Waals surface area contributed by atoms with Crippen LogP contribution in [0.3, 0.4) is 0 Å². The molecule has 0 bridgehead atoms. The average Bonchev–Trinajstić information content (AvgIpc) is 2.41. The molecule has 2 rings (SSSR count). The molecular formula is C15H12BrClF3N. The van der Waals surface area contributed by atoms with Crippen molar-refractivity contribution in [3.05, 3.63) is 68.7 Å². The fourth-order valence-corrected chi connectivity index (χ4v) is 2.76. The van der Waals surface area contributed by atoms with E-state index in [1.807, 2.05) is 0 Å². The molecule has 112 valence electrons. The lowest BCUT2D eigenvalue weighted by molar-refractivity contribution is -0.137. The summed E-state index contributed by atoms with van der Waals surface area (Å²) in [5.41, 5.74) is 6.71. The molecule has 21 heavy (non-hydrogen) atoms. The molecule has 0 aliphatic carbocycles. The minimum Gasteiger partial charge on any atom is -0.324 e. The lowest BCUT2D eigenvalue weighted by atomic mass is 9.98. The van der Waals surface area contributed by atoms with E-state index in [2.05, 4.69) is 15.9 Å². The summed E-state index contributed by atoms with van der Waals surface area (Å²) < 4.78 is 38.9. The van der Waals surface area contributed by atoms with Gasteiger partial charge in [0.1, 0.15) is 0 Å². The highest BCUT2D eigenvalue weighted by atomic mass is 79.9. The van der Waals surface area contributed by atoms with Gasteiger partial charge in [0.2, 0.25) is 0 Å². The Morgan fingerprint density at radius 3 is 2.52 bits per heavy atom. The Morgan fingerprint density at radius 2 is 1.86 bits per heavy atom. The van der Waals surface area contributed by atoms with Crippen LogP contribution >= 0.6 is 27.5 Å². The minimum atomic E-state index is -4.35. The van der Waals surface area contributed by atoms with Crippen molar-refractivity contribution >= 4 is 27.5 Å². The van der Waals surface area contributed by atoms with Gasteiger partial charge < -0.3 is 5.73 Å². The molecule has 0 radical (unpaired) electrons. The molecule has 0 saturated heterocycles. The Hall–Kier alpha value is -1.04. The summed E-state index contributed by atoms with van der Waals surface area (Å²) >= 11 is 9.30. The molecule has 0 saturated carbocycles. The summed E-state index contributed by atoms with van der Waals surface area (Å²) in [6, 6.07) is 9.94. The SMILES string of the molecule is NC(Cc1cccc(C(F)(F)F)c1)c1cc(Cl)ccc1Br. The van der Waals surface area contributed by atoms with E-state index in [4.69, 9.17) is 17.3 Å². The van der Waals surface area contributed by atoms with Crippen molar-refractivity contribution in [2.75, 3.05) is 0 Å². The van der Waals surface area contributed by atoms with Crippen LogP contribution in [0.1, 0.15) is 22.7 Å². The first-order valence-corrected chi connectivity index (χ1v) is 7.31. The zero-order chi connectivity index (χ0) is 15.6. The number of benzene rings is 2. The molecular weight excluding hydrogens is 367 g/mol. The maximum Gasteiger partial charge on any atom is 0.416 e. The van der Waals surface area contributed by atoms with E-state index in [9.17, 15) is 13.2 Å². The van der Waals surface area contributed by atoms with Crippen LogP contribution in [0.15, 0.2) is 46.9 Å². The van der Waals surface area contributed by atoms with Gasteiger partial charge >= 0.3 is 6.18 Å². The largest absolute Gasteiger partial charge is 0.416 e. The topological polar surface area (TPSA) is 26.0 Å². The average molecular weight is 379 g/mol. The molecule has 0 aliphatic heterocycles. The van der Waals surface area contributed by atoms with E-state index in [1.54, 1.807) is 24.3 Å². The second kappa shape index (κ2) is 6.38. The fraction of sp³-hybridized carbons (Fsp3) is 0.200. The first kappa shape index (κ1) is 16.3. The van der Waals surface area contributed by atoms with Crippen LogP contribution < -0.4 is 5.73 Å². The third-order valence-corrected chi connectivity index (χ3v) is 4.02. The Bertz CT molecular complexity index is 643. The standard InChI is InChI=1S/C15H12BrClF3N/c16-13-5-4-11(17)8-12(13)14(21)7-9-2-1-3-10(6-9)15(18,19)20/h1-6,8,14H,7,21H2. The summed E-state index contributed by atoms with van der Waals surface area (Å²) in [7, 11) is 0. The molecule has 1 unspecified atom stereocenters. The van der Waals surface area contributed by atoms with Crippen molar-refractivity contribution in [2.24, 2.45) is 5.73 Å². The van der Waals surface area contributed by atoms with Crippen molar-refractivity contribution < 1.29 is 13.2 Å². The van der Waals surface area contributed by atoms with Gasteiger partial charge in [0.15, 0.2) is 0 Å². The Labute approximate surface area is 134 Å². The van der Waals surface area contributed by atoms with E-state index < -0.39 is 17.8 Å². The van der Waals surface area contributed by atoms with Gasteiger partial charge in [-0.15, -0.1) is 0 Å². The number of hydrogen-bond acceptors (Lipinski definition) is 1. The van der Waals surface area contributed by atoms with E-state index in [-0.39, 0.29) is 0 Å². The number of halogens is 5. The molecule has 0 amide bonds. The van der Waals surface area contributed by atoms with Gasteiger partial charge in [-0.25, -0.2) is 0 Å². The highest BCUT2D eigenvalue weighted by Gasteiger charge is 2.30. The van der Waals surface area contributed by atoms with Gasteiger partial charge in [-0.3, -0.25) is 0 Å². The third-order valence-electron chi connectivity index (χ3n) is 3.07. The molecule has 0 aliphatic rings. The van der Waals surface area contributed by atoms with Crippen molar-refractivity contribution in [1.29, 1.82) is 0 Å². The Morgan fingerprint density at radius 1 is 1.14 bits per heavy atom. The molecule has 2 aromatic carbocycles. The van der Waals surface area contributed by atoms with Crippen LogP contribution in [0.4, 0.5) is 13.2 Å². The number of alkyl halides is 3. The summed E-state index contributed by atoms with van der Waals surface area (Å²) in [6.45, 7) is 0. The lowest BCUT2D eigenvalue weighted by Gasteiger charge is -2.15. The smallest absolute Gasteiger partial charge is 0.324 e. The second-order valence-electron chi connectivity index (χ2n) is 4.67. The summed E-state index contributed by atoms with van der Waals surface area (Å²) in [4.78, 5) is 0. The highest BCUT2D eigenvalue weighted by molar-refractivity contribution is 9.10. The molecule has 0 spiro atoms. The van der Waals surface area contributed by atoms with E-state index in [0.29, 0.717) is 17.0 Å². The van der Waals surface area contributed by atoms with Gasteiger partial charge in [-0.05, 0) is 41.8 Å². The first-order valence-electron chi connectivity index (χ1n) is 6.14. The fourth-order valence-electron chi connectivity index (χ4n) is 2.04. The molecule has 1 nitrogen and oxygen atoms in total. The van der Waals surface area contributed by atoms with Gasteiger partial charge in [-0.1, -0.05) is 45.7 Å². The van der Waals surface area contributed by atoms with Gasteiger partial charge in [0.25, 0.3) is 0 Å². The summed E-state index contributed by atoms with van der Waals surface area (Å²) in [5.74, 6) is 0. The van der Waals surface area contributed by atoms with Crippen LogP contribution in [0.25, 0.3) is 0 Å². The predicted molar refractivity (Wildman–Crippen MR) is 81.2 cm³/mol. The minimum absolute atomic E-state index is 0.295. The van der Waals surface area contributed by atoms with E-state index in [1.165, 1.54) is 6.07 Å². The zero-order valence-corrected chi connectivity index (χ0v) is 13.1. The van der Waals surface area contributed by atoms with Crippen LogP contribution in [0.2, 0.25) is 5.02 Å². The number of hydrogen-bond donors (Lipinski definition) is 1. The molecule has 1 atom stereocenters. The normalized spacial score (nSPS) is 13.2. The highest BCUT2D eigenvalue weighted by Crippen LogP contribution is 2.31. The summed E-state index contributed by atoms with van der Waals surface area (Å²) in [5, 5.41) is 0.535. The van der Waals surface area contributed by atoms with E-state index in [0.717, 1.165) is 22.2 Å². The van der Waals surface area contributed by atoms with Crippen molar-refractivity contribution in [1.82, 2.24) is 0 Å². The number of rotatable bonds is 3. The Kier molecular flexibility index (Phi) is 4.96. The van der Waals surface area contributed by atoms with Crippen molar-refractivity contribution in [3.8, 4) is 0 Å². The van der Waals surface area contributed by atoms with Crippen molar-refractivity contribution in [3.63, 3.8) is 0 Å².